The summed E-state index contributed by atoms with van der Waals surface area (Å²) in [6.07, 6.45) is 4.07. The summed E-state index contributed by atoms with van der Waals surface area (Å²) in [6.45, 7) is 1.63. The molecule has 1 heterocycles. The zero-order valence-corrected chi connectivity index (χ0v) is 7.55. The predicted molar refractivity (Wildman–Crippen MR) is 46.4 cm³/mol. The van der Waals surface area contributed by atoms with Crippen molar-refractivity contribution in [2.45, 2.75) is 31.7 Å². The summed E-state index contributed by atoms with van der Waals surface area (Å²) >= 11 is 0. The highest BCUT2D eigenvalue weighted by Gasteiger charge is 2.38. The van der Waals surface area contributed by atoms with Gasteiger partial charge in [-0.05, 0) is 26.2 Å². The maximum atomic E-state index is 13.5. The minimum Gasteiger partial charge on any atom is -0.320 e. The molecule has 0 bridgehead atoms. The highest BCUT2D eigenvalue weighted by Crippen LogP contribution is 2.38. The van der Waals surface area contributed by atoms with E-state index >= 15 is 0 Å². The number of nitrogens with two attached hydrogens (primary N) is 1. The van der Waals surface area contributed by atoms with Crippen molar-refractivity contribution in [1.82, 2.24) is 9.97 Å². The van der Waals surface area contributed by atoms with Crippen LogP contribution in [0, 0.1) is 12.7 Å². The van der Waals surface area contributed by atoms with Crippen LogP contribution in [0.15, 0.2) is 6.33 Å². The van der Waals surface area contributed by atoms with Crippen molar-refractivity contribution in [2.24, 2.45) is 5.73 Å². The lowest BCUT2D eigenvalue weighted by atomic mass is 9.75. The van der Waals surface area contributed by atoms with Gasteiger partial charge in [0.15, 0.2) is 5.82 Å². The topological polar surface area (TPSA) is 51.8 Å². The lowest BCUT2D eigenvalue weighted by Crippen LogP contribution is -2.45. The van der Waals surface area contributed by atoms with Gasteiger partial charge in [-0.2, -0.15) is 0 Å². The summed E-state index contributed by atoms with van der Waals surface area (Å²) < 4.78 is 13.5. The lowest BCUT2D eigenvalue weighted by Gasteiger charge is -2.37. The standard InChI is InChI=1S/C9H12FN3/c1-6-7(10)8(13-5-12-6)9(11)3-2-4-9/h5H,2-4,11H2,1H3. The zero-order valence-electron chi connectivity index (χ0n) is 7.55. The first-order valence-corrected chi connectivity index (χ1v) is 4.40. The van der Waals surface area contributed by atoms with Crippen molar-refractivity contribution in [3.63, 3.8) is 0 Å². The Kier molecular flexibility index (Phi) is 1.80. The van der Waals surface area contributed by atoms with Crippen LogP contribution in [-0.2, 0) is 5.54 Å². The number of rotatable bonds is 1. The minimum absolute atomic E-state index is 0.343. The van der Waals surface area contributed by atoms with E-state index in [1.807, 2.05) is 0 Å². The number of halogens is 1. The van der Waals surface area contributed by atoms with Crippen LogP contribution in [0.1, 0.15) is 30.7 Å². The number of nitrogens with zero attached hydrogens (tertiary/aromatic N) is 2. The number of hydrogen-bond donors (Lipinski definition) is 1. The summed E-state index contributed by atoms with van der Waals surface area (Å²) in [5.74, 6) is -0.343. The molecular weight excluding hydrogens is 169 g/mol. The molecule has 70 valence electrons. The molecule has 0 amide bonds. The van der Waals surface area contributed by atoms with Gasteiger partial charge in [-0.3, -0.25) is 0 Å². The van der Waals surface area contributed by atoms with Crippen LogP contribution in [0.25, 0.3) is 0 Å². The quantitative estimate of drug-likeness (QED) is 0.709. The summed E-state index contributed by atoms with van der Waals surface area (Å²) in [4.78, 5) is 7.69. The van der Waals surface area contributed by atoms with Crippen LogP contribution in [0.2, 0.25) is 0 Å². The molecule has 0 aromatic carbocycles. The van der Waals surface area contributed by atoms with E-state index in [0.717, 1.165) is 19.3 Å². The average Bonchev–Trinajstić information content (AvgIpc) is 2.06. The van der Waals surface area contributed by atoms with E-state index in [4.69, 9.17) is 5.73 Å². The summed E-state index contributed by atoms with van der Waals surface area (Å²) in [7, 11) is 0. The Morgan fingerprint density at radius 2 is 2.15 bits per heavy atom. The molecule has 1 aliphatic carbocycles. The molecule has 0 spiro atoms. The van der Waals surface area contributed by atoms with E-state index in [1.165, 1.54) is 6.33 Å². The van der Waals surface area contributed by atoms with Gasteiger partial charge in [-0.15, -0.1) is 0 Å². The first kappa shape index (κ1) is 8.56. The van der Waals surface area contributed by atoms with E-state index in [9.17, 15) is 4.39 Å². The largest absolute Gasteiger partial charge is 0.320 e. The Morgan fingerprint density at radius 1 is 1.46 bits per heavy atom. The van der Waals surface area contributed by atoms with E-state index in [-0.39, 0.29) is 5.82 Å². The molecule has 1 saturated carbocycles. The van der Waals surface area contributed by atoms with Gasteiger partial charge in [-0.1, -0.05) is 0 Å². The van der Waals surface area contributed by atoms with Crippen LogP contribution in [0.5, 0.6) is 0 Å². The van der Waals surface area contributed by atoms with Crippen LogP contribution < -0.4 is 5.73 Å². The summed E-state index contributed by atoms with van der Waals surface area (Å²) in [5.41, 5.74) is 6.19. The molecule has 1 aromatic rings. The monoisotopic (exact) mass is 181 g/mol. The molecule has 13 heavy (non-hydrogen) atoms. The Labute approximate surface area is 76.2 Å². The summed E-state index contributed by atoms with van der Waals surface area (Å²) in [5, 5.41) is 0. The van der Waals surface area contributed by atoms with E-state index in [0.29, 0.717) is 11.4 Å². The van der Waals surface area contributed by atoms with Crippen molar-refractivity contribution >= 4 is 0 Å². The molecule has 1 aliphatic rings. The smallest absolute Gasteiger partial charge is 0.167 e. The molecule has 1 fully saturated rings. The molecule has 4 heteroatoms. The minimum atomic E-state index is -0.530. The Bertz CT molecular complexity index is 334. The zero-order chi connectivity index (χ0) is 9.47. The SMILES string of the molecule is Cc1ncnc(C2(N)CCC2)c1F. The molecule has 3 nitrogen and oxygen atoms in total. The van der Waals surface area contributed by atoms with Gasteiger partial charge in [0.05, 0.1) is 16.9 Å². The Hall–Kier alpha value is -1.03. The first-order valence-electron chi connectivity index (χ1n) is 4.40. The van der Waals surface area contributed by atoms with Gasteiger partial charge in [0.1, 0.15) is 6.33 Å². The van der Waals surface area contributed by atoms with Crippen molar-refractivity contribution in [1.29, 1.82) is 0 Å². The van der Waals surface area contributed by atoms with Crippen molar-refractivity contribution in [2.75, 3.05) is 0 Å². The normalized spacial score (nSPS) is 19.6. The van der Waals surface area contributed by atoms with Crippen molar-refractivity contribution in [3.8, 4) is 0 Å². The molecule has 0 unspecified atom stereocenters. The lowest BCUT2D eigenvalue weighted by molar-refractivity contribution is 0.236. The van der Waals surface area contributed by atoms with Crippen molar-refractivity contribution < 1.29 is 4.39 Å². The van der Waals surface area contributed by atoms with Gasteiger partial charge < -0.3 is 5.73 Å². The Balaban J connectivity index is 2.45. The van der Waals surface area contributed by atoms with Crippen LogP contribution in [0.3, 0.4) is 0 Å². The van der Waals surface area contributed by atoms with E-state index in [2.05, 4.69) is 9.97 Å². The highest BCUT2D eigenvalue weighted by atomic mass is 19.1. The molecule has 1 aromatic heterocycles. The second kappa shape index (κ2) is 2.73. The first-order chi connectivity index (χ1) is 6.13. The maximum absolute atomic E-state index is 13.5. The van der Waals surface area contributed by atoms with E-state index < -0.39 is 5.54 Å². The van der Waals surface area contributed by atoms with Crippen molar-refractivity contribution in [3.05, 3.63) is 23.5 Å². The third kappa shape index (κ3) is 1.21. The van der Waals surface area contributed by atoms with Gasteiger partial charge in [0.2, 0.25) is 0 Å². The molecule has 2 N–H and O–H groups in total. The highest BCUT2D eigenvalue weighted by molar-refractivity contribution is 5.21. The number of aromatic nitrogens is 2. The second-order valence-electron chi connectivity index (χ2n) is 3.63. The fourth-order valence-corrected chi connectivity index (χ4v) is 1.60. The Morgan fingerprint density at radius 3 is 2.69 bits per heavy atom. The average molecular weight is 181 g/mol. The third-order valence-corrected chi connectivity index (χ3v) is 2.68. The molecule has 2 rings (SSSR count). The van der Waals surface area contributed by atoms with Crippen LogP contribution in [0.4, 0.5) is 4.39 Å². The van der Waals surface area contributed by atoms with Crippen LogP contribution >= 0.6 is 0 Å². The maximum Gasteiger partial charge on any atom is 0.167 e. The molecule has 0 atom stereocenters. The molecule has 0 saturated heterocycles. The fraction of sp³-hybridized carbons (Fsp3) is 0.556. The summed E-state index contributed by atoms with van der Waals surface area (Å²) in [6, 6.07) is 0. The molecule has 0 radical (unpaired) electrons. The van der Waals surface area contributed by atoms with E-state index in [1.54, 1.807) is 6.92 Å². The predicted octanol–water partition coefficient (Wildman–Crippen LogP) is 1.26. The number of aryl methyl sites for hydroxylation is 1. The van der Waals surface area contributed by atoms with Gasteiger partial charge >= 0.3 is 0 Å². The second-order valence-corrected chi connectivity index (χ2v) is 3.63. The molecular formula is C9H12FN3. The van der Waals surface area contributed by atoms with Gasteiger partial charge in [0, 0.05) is 0 Å². The van der Waals surface area contributed by atoms with Gasteiger partial charge in [-0.25, -0.2) is 14.4 Å². The molecule has 0 aliphatic heterocycles. The van der Waals surface area contributed by atoms with Gasteiger partial charge in [0.25, 0.3) is 0 Å². The number of hydrogen-bond acceptors (Lipinski definition) is 3. The third-order valence-electron chi connectivity index (χ3n) is 2.68. The van der Waals surface area contributed by atoms with Crippen LogP contribution in [-0.4, -0.2) is 9.97 Å². The fourth-order valence-electron chi connectivity index (χ4n) is 1.60.